The van der Waals surface area contributed by atoms with Gasteiger partial charge in [0.05, 0.1) is 21.8 Å². The van der Waals surface area contributed by atoms with Crippen molar-refractivity contribution in [2.45, 2.75) is 0 Å². The van der Waals surface area contributed by atoms with Gasteiger partial charge in [0.15, 0.2) is 0 Å². The van der Waals surface area contributed by atoms with E-state index in [9.17, 15) is 14.4 Å². The molecule has 0 unspecified atom stereocenters. The summed E-state index contributed by atoms with van der Waals surface area (Å²) in [4.78, 5) is 35.9. The molecule has 0 aliphatic carbocycles. The van der Waals surface area contributed by atoms with Gasteiger partial charge in [0.1, 0.15) is 5.75 Å². The summed E-state index contributed by atoms with van der Waals surface area (Å²) in [6.45, 7) is 0. The fraction of sp³-hybridized carbons (Fsp3) is 0. The van der Waals surface area contributed by atoms with Crippen LogP contribution in [0.2, 0.25) is 10.0 Å². The number of benzene rings is 3. The van der Waals surface area contributed by atoms with E-state index in [2.05, 4.69) is 31.8 Å². The molecule has 7 nitrogen and oxygen atoms in total. The zero-order chi connectivity index (χ0) is 23.1. The average Bonchev–Trinajstić information content (AvgIpc) is 2.77. The summed E-state index contributed by atoms with van der Waals surface area (Å²) in [6, 6.07) is 17.7. The topological polar surface area (TPSA) is 96.9 Å². The number of esters is 1. The predicted octanol–water partition coefficient (Wildman–Crippen LogP) is 5.06. The maximum absolute atomic E-state index is 12.2. The first-order valence-electron chi connectivity index (χ1n) is 8.99. The van der Waals surface area contributed by atoms with Gasteiger partial charge >= 0.3 is 17.8 Å². The van der Waals surface area contributed by atoms with Crippen LogP contribution in [0.5, 0.6) is 5.75 Å². The van der Waals surface area contributed by atoms with Gasteiger partial charge in [-0.15, -0.1) is 0 Å². The maximum atomic E-state index is 12.2. The minimum Gasteiger partial charge on any atom is -0.423 e. The van der Waals surface area contributed by atoms with E-state index >= 15 is 0 Å². The van der Waals surface area contributed by atoms with E-state index in [1.54, 1.807) is 48.5 Å². The average molecular weight is 535 g/mol. The predicted molar refractivity (Wildman–Crippen MR) is 126 cm³/mol. The molecular weight excluding hydrogens is 521 g/mol. The Kier molecular flexibility index (Phi) is 7.99. The molecule has 3 aromatic carbocycles. The van der Waals surface area contributed by atoms with Crippen molar-refractivity contribution < 1.29 is 19.1 Å². The molecule has 2 N–H and O–H groups in total. The Morgan fingerprint density at radius 3 is 2.34 bits per heavy atom. The van der Waals surface area contributed by atoms with Crippen molar-refractivity contribution in [1.29, 1.82) is 0 Å². The van der Waals surface area contributed by atoms with Gasteiger partial charge in [-0.1, -0.05) is 45.2 Å². The van der Waals surface area contributed by atoms with E-state index in [4.69, 9.17) is 27.9 Å². The van der Waals surface area contributed by atoms with E-state index in [1.807, 2.05) is 0 Å². The summed E-state index contributed by atoms with van der Waals surface area (Å²) in [5.41, 5.74) is 3.45. The maximum Gasteiger partial charge on any atom is 0.343 e. The zero-order valence-corrected chi connectivity index (χ0v) is 19.2. The normalized spacial score (nSPS) is 10.6. The highest BCUT2D eigenvalue weighted by molar-refractivity contribution is 9.10. The van der Waals surface area contributed by atoms with Crippen LogP contribution in [0.15, 0.2) is 76.3 Å². The van der Waals surface area contributed by atoms with Crippen molar-refractivity contribution in [3.63, 3.8) is 0 Å². The first-order valence-corrected chi connectivity index (χ1v) is 10.5. The number of carbonyl (C=O) groups excluding carboxylic acids is 3. The van der Waals surface area contributed by atoms with Gasteiger partial charge in [0.25, 0.3) is 0 Å². The van der Waals surface area contributed by atoms with Crippen molar-refractivity contribution in [3.8, 4) is 5.75 Å². The van der Waals surface area contributed by atoms with Crippen molar-refractivity contribution in [2.24, 2.45) is 5.10 Å². The molecule has 0 aromatic heterocycles. The molecule has 2 amide bonds. The summed E-state index contributed by atoms with van der Waals surface area (Å²) in [5, 5.41) is 6.69. The van der Waals surface area contributed by atoms with E-state index in [1.165, 1.54) is 24.4 Å². The lowest BCUT2D eigenvalue weighted by Crippen LogP contribution is -2.32. The first kappa shape index (κ1) is 23.5. The Labute approximate surface area is 201 Å². The number of amides is 2. The lowest BCUT2D eigenvalue weighted by molar-refractivity contribution is -0.136. The molecule has 0 saturated carbocycles. The molecule has 3 rings (SSSR count). The molecule has 10 heteroatoms. The molecule has 0 radical (unpaired) electrons. The molecule has 0 spiro atoms. The van der Waals surface area contributed by atoms with E-state index in [0.29, 0.717) is 27.6 Å². The fourth-order valence-electron chi connectivity index (χ4n) is 2.38. The second-order valence-corrected chi connectivity index (χ2v) is 7.98. The van der Waals surface area contributed by atoms with Crippen LogP contribution in [0, 0.1) is 0 Å². The van der Waals surface area contributed by atoms with Gasteiger partial charge < -0.3 is 10.1 Å². The molecule has 3 aromatic rings. The summed E-state index contributed by atoms with van der Waals surface area (Å²) in [6.07, 6.45) is 1.34. The Bertz CT molecular complexity index is 1200. The monoisotopic (exact) mass is 533 g/mol. The van der Waals surface area contributed by atoms with Gasteiger partial charge in [-0.2, -0.15) is 5.10 Å². The summed E-state index contributed by atoms with van der Waals surface area (Å²) >= 11 is 15.0. The highest BCUT2D eigenvalue weighted by Gasteiger charge is 2.13. The highest BCUT2D eigenvalue weighted by atomic mass is 79.9. The Balaban J connectivity index is 1.51. The van der Waals surface area contributed by atoms with Gasteiger partial charge in [-0.3, -0.25) is 9.59 Å². The number of hydrogen-bond donors (Lipinski definition) is 2. The molecule has 0 atom stereocenters. The molecule has 32 heavy (non-hydrogen) atoms. The van der Waals surface area contributed by atoms with Crippen LogP contribution in [0.3, 0.4) is 0 Å². The number of halogens is 3. The third-order valence-electron chi connectivity index (χ3n) is 3.91. The fourth-order valence-corrected chi connectivity index (χ4v) is 3.08. The van der Waals surface area contributed by atoms with Gasteiger partial charge in [-0.25, -0.2) is 10.2 Å². The zero-order valence-electron chi connectivity index (χ0n) is 16.1. The second-order valence-electron chi connectivity index (χ2n) is 6.25. The molecule has 0 bridgehead atoms. The van der Waals surface area contributed by atoms with Crippen molar-refractivity contribution in [3.05, 3.63) is 92.4 Å². The summed E-state index contributed by atoms with van der Waals surface area (Å²) in [7, 11) is 0. The molecule has 0 fully saturated rings. The SMILES string of the molecule is O=C(N/N=C\c1ccc(OC(=O)c2cccc(Br)c2)cc1)C(=O)Nc1ccc(Cl)c(Cl)c1. The highest BCUT2D eigenvalue weighted by Crippen LogP contribution is 2.25. The number of nitrogens with one attached hydrogen (secondary N) is 2. The minimum atomic E-state index is -0.966. The molecular formula is C22H14BrCl2N3O4. The van der Waals surface area contributed by atoms with Crippen LogP contribution < -0.4 is 15.5 Å². The summed E-state index contributed by atoms with van der Waals surface area (Å²) in [5.74, 6) is -2.03. The minimum absolute atomic E-state index is 0.244. The first-order chi connectivity index (χ1) is 15.3. The Hall–Kier alpha value is -3.20. The van der Waals surface area contributed by atoms with Crippen LogP contribution in [-0.4, -0.2) is 24.0 Å². The third kappa shape index (κ3) is 6.65. The Morgan fingerprint density at radius 2 is 1.66 bits per heavy atom. The number of ether oxygens (including phenoxy) is 1. The number of hydrazone groups is 1. The van der Waals surface area contributed by atoms with Crippen LogP contribution in [-0.2, 0) is 9.59 Å². The number of nitrogens with zero attached hydrogens (tertiary/aromatic N) is 1. The quantitative estimate of drug-likeness (QED) is 0.157. The van der Waals surface area contributed by atoms with Crippen LogP contribution in [0.25, 0.3) is 0 Å². The van der Waals surface area contributed by atoms with Gasteiger partial charge in [0.2, 0.25) is 0 Å². The standard InChI is InChI=1S/C22H14BrCl2N3O4/c23-15-3-1-2-14(10-15)22(31)32-17-7-4-13(5-8-17)12-26-28-21(30)20(29)27-16-6-9-18(24)19(25)11-16/h1-12H,(H,27,29)(H,28,30)/b26-12-. The third-order valence-corrected chi connectivity index (χ3v) is 5.15. The van der Waals surface area contributed by atoms with Crippen molar-refractivity contribution >= 4 is 68.8 Å². The second kappa shape index (κ2) is 10.9. The lowest BCUT2D eigenvalue weighted by atomic mass is 10.2. The molecule has 0 saturated heterocycles. The largest absolute Gasteiger partial charge is 0.423 e. The molecule has 0 aliphatic heterocycles. The van der Waals surface area contributed by atoms with Crippen LogP contribution >= 0.6 is 39.1 Å². The number of carbonyl (C=O) groups is 3. The number of rotatable bonds is 5. The smallest absolute Gasteiger partial charge is 0.343 e. The van der Waals surface area contributed by atoms with E-state index in [-0.39, 0.29) is 5.02 Å². The van der Waals surface area contributed by atoms with Gasteiger partial charge in [0, 0.05) is 10.2 Å². The van der Waals surface area contributed by atoms with E-state index in [0.717, 1.165) is 4.47 Å². The van der Waals surface area contributed by atoms with Crippen molar-refractivity contribution in [2.75, 3.05) is 5.32 Å². The van der Waals surface area contributed by atoms with Crippen LogP contribution in [0.1, 0.15) is 15.9 Å². The Morgan fingerprint density at radius 1 is 0.906 bits per heavy atom. The van der Waals surface area contributed by atoms with Gasteiger partial charge in [-0.05, 0) is 66.2 Å². The summed E-state index contributed by atoms with van der Waals surface area (Å²) < 4.78 is 6.08. The lowest BCUT2D eigenvalue weighted by Gasteiger charge is -2.05. The molecule has 0 heterocycles. The van der Waals surface area contributed by atoms with Crippen LogP contribution in [0.4, 0.5) is 5.69 Å². The van der Waals surface area contributed by atoms with E-state index < -0.39 is 17.8 Å². The molecule has 0 aliphatic rings. The van der Waals surface area contributed by atoms with Crippen molar-refractivity contribution in [1.82, 2.24) is 5.43 Å². The number of anilines is 1. The molecule has 162 valence electrons. The number of hydrogen-bond acceptors (Lipinski definition) is 5.